The molecule has 0 saturated carbocycles. The standard InChI is InChI=1S/C9H8ClFN2O6S/c1-12-9(14)4-19-7-2-5(11)8(20(10,17)18)3-6(7)13(15)16/h2-3H,4H2,1H3,(H,12,14). The monoisotopic (exact) mass is 326 g/mol. The molecule has 1 aromatic carbocycles. The highest BCUT2D eigenvalue weighted by Gasteiger charge is 2.26. The fourth-order valence-corrected chi connectivity index (χ4v) is 2.08. The molecular formula is C9H8ClFN2O6S. The van der Waals surface area contributed by atoms with Gasteiger partial charge in [-0.3, -0.25) is 14.9 Å². The van der Waals surface area contributed by atoms with Gasteiger partial charge in [-0.2, -0.15) is 0 Å². The van der Waals surface area contributed by atoms with Gasteiger partial charge in [0.2, 0.25) is 5.75 Å². The fourth-order valence-electron chi connectivity index (χ4n) is 1.19. The largest absolute Gasteiger partial charge is 0.477 e. The van der Waals surface area contributed by atoms with Gasteiger partial charge in [0.1, 0.15) is 10.7 Å². The predicted molar refractivity (Wildman–Crippen MR) is 65.7 cm³/mol. The summed E-state index contributed by atoms with van der Waals surface area (Å²) >= 11 is 0. The number of hydrogen-bond donors (Lipinski definition) is 1. The van der Waals surface area contributed by atoms with E-state index in [1.54, 1.807) is 0 Å². The molecule has 0 bridgehead atoms. The van der Waals surface area contributed by atoms with Crippen LogP contribution in [-0.2, 0) is 13.8 Å². The van der Waals surface area contributed by atoms with Gasteiger partial charge in [0, 0.05) is 29.9 Å². The molecule has 0 aliphatic rings. The van der Waals surface area contributed by atoms with E-state index >= 15 is 0 Å². The number of nitro groups is 1. The lowest BCUT2D eigenvalue weighted by atomic mass is 10.3. The maximum Gasteiger partial charge on any atom is 0.312 e. The maximum atomic E-state index is 13.5. The first-order valence-electron chi connectivity index (χ1n) is 4.92. The zero-order chi connectivity index (χ0) is 15.5. The molecule has 8 nitrogen and oxygen atoms in total. The lowest BCUT2D eigenvalue weighted by Crippen LogP contribution is -2.25. The van der Waals surface area contributed by atoms with E-state index in [-0.39, 0.29) is 0 Å². The van der Waals surface area contributed by atoms with Crippen LogP contribution in [0.25, 0.3) is 0 Å². The second-order valence-electron chi connectivity index (χ2n) is 3.41. The number of nitrogens with one attached hydrogen (secondary N) is 1. The fraction of sp³-hybridized carbons (Fsp3) is 0.222. The Hall–Kier alpha value is -1.94. The molecule has 0 spiro atoms. The van der Waals surface area contributed by atoms with Gasteiger partial charge in [0.15, 0.2) is 6.61 Å². The summed E-state index contributed by atoms with van der Waals surface area (Å²) < 4.78 is 40.4. The van der Waals surface area contributed by atoms with Crippen molar-refractivity contribution in [3.63, 3.8) is 0 Å². The van der Waals surface area contributed by atoms with E-state index < -0.39 is 48.6 Å². The Kier molecular flexibility index (Phi) is 4.84. The van der Waals surface area contributed by atoms with Gasteiger partial charge in [-0.25, -0.2) is 12.8 Å². The van der Waals surface area contributed by atoms with Gasteiger partial charge in [-0.15, -0.1) is 0 Å². The maximum absolute atomic E-state index is 13.5. The summed E-state index contributed by atoms with van der Waals surface area (Å²) in [5.74, 6) is -2.51. The first kappa shape index (κ1) is 16.1. The number of likely N-dealkylation sites (N-methyl/N-ethyl adjacent to an activating group) is 1. The van der Waals surface area contributed by atoms with Gasteiger partial charge in [-0.1, -0.05) is 0 Å². The Balaban J connectivity index is 3.29. The third-order valence-electron chi connectivity index (χ3n) is 2.11. The van der Waals surface area contributed by atoms with Crippen LogP contribution < -0.4 is 10.1 Å². The lowest BCUT2D eigenvalue weighted by Gasteiger charge is -2.07. The minimum Gasteiger partial charge on any atom is -0.477 e. The van der Waals surface area contributed by atoms with E-state index in [0.29, 0.717) is 12.1 Å². The van der Waals surface area contributed by atoms with Gasteiger partial charge >= 0.3 is 5.69 Å². The lowest BCUT2D eigenvalue weighted by molar-refractivity contribution is -0.386. The number of amides is 1. The molecule has 0 fully saturated rings. The van der Waals surface area contributed by atoms with E-state index in [0.717, 1.165) is 0 Å². The molecule has 0 aromatic heterocycles. The summed E-state index contributed by atoms with van der Waals surface area (Å²) in [5, 5.41) is 13.0. The van der Waals surface area contributed by atoms with Crippen LogP contribution in [0.5, 0.6) is 5.75 Å². The number of nitro benzene ring substituents is 1. The summed E-state index contributed by atoms with van der Waals surface area (Å²) in [4.78, 5) is 19.7. The topological polar surface area (TPSA) is 116 Å². The molecule has 1 amide bonds. The van der Waals surface area contributed by atoms with Crippen LogP contribution in [0, 0.1) is 15.9 Å². The van der Waals surface area contributed by atoms with Gasteiger partial charge in [0.25, 0.3) is 15.0 Å². The zero-order valence-electron chi connectivity index (χ0n) is 9.92. The smallest absolute Gasteiger partial charge is 0.312 e. The number of rotatable bonds is 5. The number of ether oxygens (including phenoxy) is 1. The van der Waals surface area contributed by atoms with Crippen molar-refractivity contribution in [3.05, 3.63) is 28.1 Å². The highest BCUT2D eigenvalue weighted by Crippen LogP contribution is 2.33. The van der Waals surface area contributed by atoms with E-state index in [4.69, 9.17) is 15.4 Å². The first-order chi connectivity index (χ1) is 9.16. The molecule has 0 aliphatic carbocycles. The number of carbonyl (C=O) groups is 1. The Morgan fingerprint density at radius 2 is 2.15 bits per heavy atom. The summed E-state index contributed by atoms with van der Waals surface area (Å²) in [5.41, 5.74) is -0.825. The van der Waals surface area contributed by atoms with Crippen LogP contribution in [0.4, 0.5) is 10.1 Å². The van der Waals surface area contributed by atoms with Crippen molar-refractivity contribution in [3.8, 4) is 5.75 Å². The average Bonchev–Trinajstić information content (AvgIpc) is 2.33. The molecule has 20 heavy (non-hydrogen) atoms. The molecule has 0 unspecified atom stereocenters. The minimum atomic E-state index is -4.48. The van der Waals surface area contributed by atoms with Gasteiger partial charge in [0.05, 0.1) is 4.92 Å². The Bertz CT molecular complexity index is 663. The van der Waals surface area contributed by atoms with Crippen molar-refractivity contribution in [1.82, 2.24) is 5.32 Å². The van der Waals surface area contributed by atoms with Crippen LogP contribution >= 0.6 is 10.7 Å². The Morgan fingerprint density at radius 1 is 1.55 bits per heavy atom. The number of nitrogens with zero attached hydrogens (tertiary/aromatic N) is 1. The quantitative estimate of drug-likeness (QED) is 0.486. The summed E-state index contributed by atoms with van der Waals surface area (Å²) in [6.45, 7) is -0.594. The van der Waals surface area contributed by atoms with Crippen LogP contribution in [0.1, 0.15) is 0 Å². The molecular weight excluding hydrogens is 319 g/mol. The second-order valence-corrected chi connectivity index (χ2v) is 5.94. The SMILES string of the molecule is CNC(=O)COc1cc(F)c(S(=O)(=O)Cl)cc1[N+](=O)[O-]. The number of halogens is 2. The average molecular weight is 327 g/mol. The summed E-state index contributed by atoms with van der Waals surface area (Å²) in [7, 11) is 1.77. The third-order valence-corrected chi connectivity index (χ3v) is 3.45. The van der Waals surface area contributed by atoms with Crippen molar-refractivity contribution in [2.45, 2.75) is 4.90 Å². The van der Waals surface area contributed by atoms with Crippen molar-refractivity contribution in [1.29, 1.82) is 0 Å². The molecule has 1 rings (SSSR count). The molecule has 0 atom stereocenters. The second kappa shape index (κ2) is 6.01. The van der Waals surface area contributed by atoms with Crippen molar-refractivity contribution < 1.29 is 27.3 Å². The minimum absolute atomic E-state index is 0.427. The summed E-state index contributed by atoms with van der Waals surface area (Å²) in [6.07, 6.45) is 0. The van der Waals surface area contributed by atoms with Crippen LogP contribution in [0.2, 0.25) is 0 Å². The number of benzene rings is 1. The molecule has 0 radical (unpaired) electrons. The molecule has 0 aliphatic heterocycles. The Morgan fingerprint density at radius 3 is 2.60 bits per heavy atom. The molecule has 11 heteroatoms. The zero-order valence-corrected chi connectivity index (χ0v) is 11.5. The predicted octanol–water partition coefficient (Wildman–Crippen LogP) is 0.786. The third kappa shape index (κ3) is 3.78. The van der Waals surface area contributed by atoms with Crippen LogP contribution in [0.15, 0.2) is 17.0 Å². The molecule has 1 N–H and O–H groups in total. The van der Waals surface area contributed by atoms with Crippen molar-refractivity contribution >= 4 is 31.3 Å². The number of hydrogen-bond acceptors (Lipinski definition) is 6. The molecule has 0 saturated heterocycles. The van der Waals surface area contributed by atoms with E-state index in [1.165, 1.54) is 7.05 Å². The van der Waals surface area contributed by atoms with Crippen LogP contribution in [0.3, 0.4) is 0 Å². The Labute approximate surface area is 117 Å². The highest BCUT2D eigenvalue weighted by atomic mass is 35.7. The van der Waals surface area contributed by atoms with E-state index in [9.17, 15) is 27.7 Å². The van der Waals surface area contributed by atoms with Gasteiger partial charge < -0.3 is 10.1 Å². The van der Waals surface area contributed by atoms with E-state index in [2.05, 4.69) is 5.32 Å². The molecule has 0 heterocycles. The normalized spacial score (nSPS) is 10.9. The highest BCUT2D eigenvalue weighted by molar-refractivity contribution is 8.13. The first-order valence-corrected chi connectivity index (χ1v) is 7.23. The summed E-state index contributed by atoms with van der Waals surface area (Å²) in [6, 6.07) is 0.910. The molecule has 110 valence electrons. The number of carbonyl (C=O) groups excluding carboxylic acids is 1. The van der Waals surface area contributed by atoms with E-state index in [1.807, 2.05) is 0 Å². The van der Waals surface area contributed by atoms with Gasteiger partial charge in [-0.05, 0) is 0 Å². The van der Waals surface area contributed by atoms with Crippen molar-refractivity contribution in [2.24, 2.45) is 0 Å². The molecule has 1 aromatic rings. The van der Waals surface area contributed by atoms with Crippen molar-refractivity contribution in [2.75, 3.05) is 13.7 Å². The van der Waals surface area contributed by atoms with Crippen LogP contribution in [-0.4, -0.2) is 32.9 Å².